The van der Waals surface area contributed by atoms with Crippen LogP contribution in [0.3, 0.4) is 0 Å². The van der Waals surface area contributed by atoms with Crippen molar-refractivity contribution in [3.63, 3.8) is 0 Å². The van der Waals surface area contributed by atoms with Gasteiger partial charge in [-0.15, -0.1) is 0 Å². The zero-order valence-corrected chi connectivity index (χ0v) is 5.86. The number of aliphatic hydroxyl groups excluding tert-OH is 1. The molecule has 1 radical (unpaired) electrons. The van der Waals surface area contributed by atoms with Crippen LogP contribution in [0.1, 0.15) is 6.92 Å². The molecule has 0 aliphatic rings. The zero-order valence-electron chi connectivity index (χ0n) is 3.86. The fraction of sp³-hybridized carbons (Fsp3) is 1.00. The van der Waals surface area contributed by atoms with Crippen LogP contribution in [0, 0.1) is 0 Å². The van der Waals surface area contributed by atoms with Crippen molar-refractivity contribution in [3.05, 3.63) is 0 Å². The molecule has 0 aromatic heterocycles. The van der Waals surface area contributed by atoms with Gasteiger partial charge in [0.15, 0.2) is 0 Å². The molecule has 0 atom stereocenters. The maximum absolute atomic E-state index is 7.57. The van der Waals surface area contributed by atoms with E-state index < -0.39 is 0 Å². The first-order chi connectivity index (χ1) is 1.41. The summed E-state index contributed by atoms with van der Waals surface area (Å²) >= 11 is 0. The second kappa shape index (κ2) is 20.5. The van der Waals surface area contributed by atoms with Gasteiger partial charge in [-0.05, 0) is 6.92 Å². The van der Waals surface area contributed by atoms with E-state index >= 15 is 0 Å². The Hall–Kier alpha value is 0.920. The van der Waals surface area contributed by atoms with Crippen LogP contribution in [-0.2, 0) is 0 Å². The fourth-order valence-electron chi connectivity index (χ4n) is 0. The van der Waals surface area contributed by atoms with Crippen molar-refractivity contribution in [1.29, 1.82) is 0 Å². The minimum atomic E-state index is 0. The Morgan fingerprint density at radius 2 is 1.60 bits per heavy atom. The summed E-state index contributed by atoms with van der Waals surface area (Å²) in [6.45, 7) is 1.93. The first kappa shape index (κ1) is 16.8. The van der Waals surface area contributed by atoms with Crippen molar-refractivity contribution in [2.75, 3.05) is 6.61 Å². The molecule has 0 aliphatic heterocycles. The molecule has 0 bridgehead atoms. The van der Waals surface area contributed by atoms with Crippen molar-refractivity contribution in [1.82, 2.24) is 6.15 Å². The fourth-order valence-corrected chi connectivity index (χ4v) is 0. The van der Waals surface area contributed by atoms with Crippen LogP contribution in [0.5, 0.6) is 0 Å². The van der Waals surface area contributed by atoms with Crippen molar-refractivity contribution in [2.45, 2.75) is 6.92 Å². The predicted molar refractivity (Wildman–Crippen MR) is 23.5 cm³/mol. The maximum atomic E-state index is 7.57. The molecule has 3 heteroatoms. The predicted octanol–water partition coefficient (Wildman–Crippen LogP) is -0.220. The van der Waals surface area contributed by atoms with E-state index in [1.807, 2.05) is 0 Å². The Morgan fingerprint density at radius 3 is 1.60 bits per heavy atom. The maximum Gasteiger partial charge on any atom is 0.0402 e. The summed E-state index contributed by atoms with van der Waals surface area (Å²) in [5, 5.41) is 7.57. The SMILES string of the molecule is CCO.N.[Na]. The third kappa shape index (κ3) is 49.6. The summed E-state index contributed by atoms with van der Waals surface area (Å²) in [7, 11) is 0. The van der Waals surface area contributed by atoms with E-state index in [1.54, 1.807) is 6.92 Å². The molecule has 0 amide bonds. The Kier molecular flexibility index (Phi) is 68.9. The molecule has 5 heavy (non-hydrogen) atoms. The van der Waals surface area contributed by atoms with Gasteiger partial charge in [0.05, 0.1) is 0 Å². The Labute approximate surface area is 54.4 Å². The molecule has 0 fully saturated rings. The Morgan fingerprint density at radius 1 is 1.60 bits per heavy atom. The van der Waals surface area contributed by atoms with Gasteiger partial charge in [0.25, 0.3) is 0 Å². The minimum Gasteiger partial charge on any atom is -0.397 e. The van der Waals surface area contributed by atoms with E-state index in [2.05, 4.69) is 0 Å². The quantitative estimate of drug-likeness (QED) is 0.400. The molecule has 4 N–H and O–H groups in total. The normalized spacial score (nSPS) is 3.60. The molecule has 0 aromatic rings. The van der Waals surface area contributed by atoms with Crippen LogP contribution in [-0.4, -0.2) is 41.3 Å². The molecule has 0 heterocycles. The van der Waals surface area contributed by atoms with E-state index in [9.17, 15) is 0 Å². The molecule has 0 unspecified atom stereocenters. The van der Waals surface area contributed by atoms with E-state index in [4.69, 9.17) is 5.11 Å². The van der Waals surface area contributed by atoms with Gasteiger partial charge in [0.2, 0.25) is 0 Å². The Balaban J connectivity index is -0.0000000200. The molecular weight excluding hydrogens is 77.0 g/mol. The summed E-state index contributed by atoms with van der Waals surface area (Å²) < 4.78 is 0. The summed E-state index contributed by atoms with van der Waals surface area (Å²) in [6, 6.07) is 0. The van der Waals surface area contributed by atoms with Gasteiger partial charge in [-0.1, -0.05) is 0 Å². The smallest absolute Gasteiger partial charge is 0.0402 e. The summed E-state index contributed by atoms with van der Waals surface area (Å²) in [4.78, 5) is 0. The van der Waals surface area contributed by atoms with Crippen molar-refractivity contribution in [2.24, 2.45) is 0 Å². The van der Waals surface area contributed by atoms with Gasteiger partial charge in [0, 0.05) is 36.2 Å². The standard InChI is InChI=1S/C2H6O.H3N.Na/c1-2-3;;/h3H,2H2,1H3;1H3;. The van der Waals surface area contributed by atoms with E-state index in [1.165, 1.54) is 0 Å². The number of hydrogen-bond acceptors (Lipinski definition) is 2. The van der Waals surface area contributed by atoms with Crippen LogP contribution in [0.2, 0.25) is 0 Å². The van der Waals surface area contributed by atoms with Crippen LogP contribution in [0.4, 0.5) is 0 Å². The molecule has 29 valence electrons. The van der Waals surface area contributed by atoms with Gasteiger partial charge in [-0.3, -0.25) is 0 Å². The first-order valence-electron chi connectivity index (χ1n) is 1.02. The molecule has 0 aromatic carbocycles. The molecule has 0 spiro atoms. The largest absolute Gasteiger partial charge is 0.397 e. The number of rotatable bonds is 0. The topological polar surface area (TPSA) is 55.2 Å². The molecule has 0 saturated heterocycles. The zero-order chi connectivity index (χ0) is 2.71. The van der Waals surface area contributed by atoms with Gasteiger partial charge in [0.1, 0.15) is 0 Å². The second-order valence-corrected chi connectivity index (χ2v) is 0.316. The monoisotopic (exact) mass is 86.1 g/mol. The minimum absolute atomic E-state index is 0. The van der Waals surface area contributed by atoms with Crippen LogP contribution >= 0.6 is 0 Å². The van der Waals surface area contributed by atoms with Gasteiger partial charge in [-0.2, -0.15) is 0 Å². The van der Waals surface area contributed by atoms with Crippen molar-refractivity contribution in [3.8, 4) is 0 Å². The van der Waals surface area contributed by atoms with E-state index in [-0.39, 0.29) is 42.3 Å². The van der Waals surface area contributed by atoms with Crippen molar-refractivity contribution < 1.29 is 5.11 Å². The average molecular weight is 86.1 g/mol. The first-order valence-corrected chi connectivity index (χ1v) is 1.02. The third-order valence-corrected chi connectivity index (χ3v) is 0. The molecule has 2 nitrogen and oxygen atoms in total. The Bertz CT molecular complexity index is 9.61. The summed E-state index contributed by atoms with van der Waals surface area (Å²) in [5.74, 6) is 0. The van der Waals surface area contributed by atoms with Gasteiger partial charge < -0.3 is 11.3 Å². The number of aliphatic hydroxyl groups is 1. The van der Waals surface area contributed by atoms with Crippen LogP contribution in [0.25, 0.3) is 0 Å². The summed E-state index contributed by atoms with van der Waals surface area (Å²) in [6.07, 6.45) is 0. The van der Waals surface area contributed by atoms with Crippen LogP contribution in [0.15, 0.2) is 0 Å². The van der Waals surface area contributed by atoms with E-state index in [0.29, 0.717) is 0 Å². The van der Waals surface area contributed by atoms with Crippen molar-refractivity contribution >= 4 is 29.6 Å². The van der Waals surface area contributed by atoms with E-state index in [0.717, 1.165) is 0 Å². The third-order valence-electron chi connectivity index (χ3n) is 0. The number of hydrogen-bond donors (Lipinski definition) is 2. The average Bonchev–Trinajstić information content (AvgIpc) is 0.918. The molecule has 0 rings (SSSR count). The molecule has 0 saturated carbocycles. The van der Waals surface area contributed by atoms with Crippen LogP contribution < -0.4 is 6.15 Å². The summed E-state index contributed by atoms with van der Waals surface area (Å²) in [5.41, 5.74) is 0. The van der Waals surface area contributed by atoms with Gasteiger partial charge in [-0.25, -0.2) is 0 Å². The van der Waals surface area contributed by atoms with Gasteiger partial charge >= 0.3 is 0 Å². The molecule has 0 aliphatic carbocycles. The molecular formula is C2H9NNaO. The second-order valence-electron chi connectivity index (χ2n) is 0.316.